The number of nitrogens with zero attached hydrogens (tertiary/aromatic N) is 4. The SMILES string of the molecule is O=[N+]([O-])c1ccc(OP(=O)(O)Oc2cccc([N+](=O)[O-])c2[N+](=O)[O-])c([N+](=O)[O-])c1. The summed E-state index contributed by atoms with van der Waals surface area (Å²) in [6.45, 7) is 0. The molecule has 17 heteroatoms. The Hall–Kier alpha value is -4.17. The van der Waals surface area contributed by atoms with Crippen molar-refractivity contribution >= 4 is 30.6 Å². The Morgan fingerprint density at radius 1 is 0.759 bits per heavy atom. The van der Waals surface area contributed by atoms with Crippen LogP contribution in [-0.4, -0.2) is 24.6 Å². The van der Waals surface area contributed by atoms with Crippen molar-refractivity contribution < 1.29 is 38.2 Å². The van der Waals surface area contributed by atoms with Gasteiger partial charge in [-0.05, 0) is 12.1 Å². The molecule has 0 spiro atoms. The molecule has 0 saturated heterocycles. The van der Waals surface area contributed by atoms with Crippen molar-refractivity contribution in [1.82, 2.24) is 0 Å². The summed E-state index contributed by atoms with van der Waals surface area (Å²) in [5.74, 6) is -1.93. The van der Waals surface area contributed by atoms with Gasteiger partial charge in [-0.3, -0.25) is 45.4 Å². The lowest BCUT2D eigenvalue weighted by Gasteiger charge is -2.13. The molecule has 0 fully saturated rings. The summed E-state index contributed by atoms with van der Waals surface area (Å²) in [7, 11) is -5.36. The molecule has 0 aliphatic heterocycles. The largest absolute Gasteiger partial charge is 0.585 e. The van der Waals surface area contributed by atoms with E-state index in [1.165, 1.54) is 0 Å². The molecule has 0 aliphatic carbocycles. The van der Waals surface area contributed by atoms with Crippen molar-refractivity contribution in [2.75, 3.05) is 0 Å². The molecule has 1 unspecified atom stereocenters. The quantitative estimate of drug-likeness (QED) is 0.362. The van der Waals surface area contributed by atoms with Gasteiger partial charge in [0.15, 0.2) is 0 Å². The van der Waals surface area contributed by atoms with Crippen LogP contribution in [0, 0.1) is 40.5 Å². The molecule has 2 rings (SSSR count). The van der Waals surface area contributed by atoms with E-state index in [0.29, 0.717) is 12.1 Å². The molecule has 29 heavy (non-hydrogen) atoms. The van der Waals surface area contributed by atoms with Crippen molar-refractivity contribution in [3.63, 3.8) is 0 Å². The molecule has 0 saturated carbocycles. The number of nitro benzene ring substituents is 4. The van der Waals surface area contributed by atoms with Gasteiger partial charge in [-0.25, -0.2) is 4.57 Å². The van der Waals surface area contributed by atoms with Gasteiger partial charge in [0.05, 0.1) is 25.8 Å². The van der Waals surface area contributed by atoms with E-state index < -0.39 is 61.8 Å². The van der Waals surface area contributed by atoms with Gasteiger partial charge in [-0.1, -0.05) is 6.07 Å². The highest BCUT2D eigenvalue weighted by Gasteiger charge is 2.36. The summed E-state index contributed by atoms with van der Waals surface area (Å²) < 4.78 is 21.2. The normalized spacial score (nSPS) is 12.4. The molecule has 1 atom stereocenters. The fourth-order valence-corrected chi connectivity index (χ4v) is 2.86. The van der Waals surface area contributed by atoms with Crippen LogP contribution in [0.25, 0.3) is 0 Å². The van der Waals surface area contributed by atoms with Crippen LogP contribution in [-0.2, 0) is 4.57 Å². The summed E-state index contributed by atoms with van der Waals surface area (Å²) >= 11 is 0. The molecule has 2 aromatic rings. The average Bonchev–Trinajstić information content (AvgIpc) is 2.60. The van der Waals surface area contributed by atoms with Gasteiger partial charge in [0.25, 0.3) is 5.69 Å². The molecule has 16 nitrogen and oxygen atoms in total. The third-order valence-corrected chi connectivity index (χ3v) is 3.99. The van der Waals surface area contributed by atoms with E-state index in [0.717, 1.165) is 24.3 Å². The second-order valence-electron chi connectivity index (χ2n) is 4.96. The number of benzene rings is 2. The Balaban J connectivity index is 2.44. The van der Waals surface area contributed by atoms with E-state index in [4.69, 9.17) is 0 Å². The molecule has 0 bridgehead atoms. The molecular weight excluding hydrogens is 423 g/mol. The molecule has 0 radical (unpaired) electrons. The molecule has 1 N–H and O–H groups in total. The highest BCUT2D eigenvalue weighted by Crippen LogP contribution is 2.50. The standard InChI is InChI=1S/C12H7N4O12P/c17-13(18)7-4-5-10(9(6-7)15(21)22)27-29(25,26)28-11-3-1-2-8(14(19)20)12(11)16(23)24/h1-6H,(H,25,26). The van der Waals surface area contributed by atoms with Crippen LogP contribution in [0.15, 0.2) is 36.4 Å². The van der Waals surface area contributed by atoms with Crippen LogP contribution in [0.4, 0.5) is 22.7 Å². The van der Waals surface area contributed by atoms with Gasteiger partial charge in [-0.15, -0.1) is 0 Å². The summed E-state index contributed by atoms with van der Waals surface area (Å²) in [5.41, 5.74) is -4.08. The Morgan fingerprint density at radius 2 is 1.34 bits per heavy atom. The number of non-ortho nitro benzene ring substituents is 1. The van der Waals surface area contributed by atoms with Crippen LogP contribution in [0.2, 0.25) is 0 Å². The first kappa shape index (κ1) is 21.1. The minimum absolute atomic E-state index is 0.450. The number of rotatable bonds is 8. The molecule has 0 aromatic heterocycles. The smallest absolute Gasteiger partial charge is 0.388 e. The van der Waals surface area contributed by atoms with E-state index in [2.05, 4.69) is 9.05 Å². The van der Waals surface area contributed by atoms with Gasteiger partial charge in [0.2, 0.25) is 11.5 Å². The van der Waals surface area contributed by atoms with Gasteiger partial charge >= 0.3 is 24.9 Å². The lowest BCUT2D eigenvalue weighted by Crippen LogP contribution is -2.05. The van der Waals surface area contributed by atoms with Crippen LogP contribution in [0.1, 0.15) is 0 Å². The minimum atomic E-state index is -5.36. The zero-order valence-corrected chi connectivity index (χ0v) is 14.5. The number of hydrogen-bond acceptors (Lipinski definition) is 11. The fourth-order valence-electron chi connectivity index (χ4n) is 2.02. The Labute approximate surface area is 158 Å². The summed E-state index contributed by atoms with van der Waals surface area (Å²) in [5, 5.41) is 43.7. The van der Waals surface area contributed by atoms with Crippen LogP contribution in [0.5, 0.6) is 11.5 Å². The topological polar surface area (TPSA) is 228 Å². The number of hydrogen-bond donors (Lipinski definition) is 1. The van der Waals surface area contributed by atoms with E-state index in [9.17, 15) is 49.9 Å². The third-order valence-electron chi connectivity index (χ3n) is 3.13. The maximum absolute atomic E-state index is 12.2. The molecule has 0 aliphatic rings. The van der Waals surface area contributed by atoms with E-state index >= 15 is 0 Å². The van der Waals surface area contributed by atoms with Crippen molar-refractivity contribution in [3.8, 4) is 11.5 Å². The first-order valence-electron chi connectivity index (χ1n) is 6.99. The van der Waals surface area contributed by atoms with E-state index in [1.54, 1.807) is 0 Å². The summed E-state index contributed by atoms with van der Waals surface area (Å²) in [6.07, 6.45) is 0. The number of phosphoric ester groups is 1. The Kier molecular flexibility index (Phi) is 5.71. The van der Waals surface area contributed by atoms with Gasteiger partial charge in [0.1, 0.15) is 0 Å². The second-order valence-corrected chi connectivity index (χ2v) is 6.26. The number of para-hydroxylation sites is 1. The Bertz CT molecular complexity index is 1090. The summed E-state index contributed by atoms with van der Waals surface area (Å²) in [6, 6.07) is 4.26. The molecule has 152 valence electrons. The fraction of sp³-hybridized carbons (Fsp3) is 0. The van der Waals surface area contributed by atoms with E-state index in [-0.39, 0.29) is 0 Å². The van der Waals surface area contributed by atoms with Crippen LogP contribution >= 0.6 is 7.82 Å². The van der Waals surface area contributed by atoms with Crippen molar-refractivity contribution in [1.29, 1.82) is 0 Å². The van der Waals surface area contributed by atoms with Gasteiger partial charge < -0.3 is 9.05 Å². The monoisotopic (exact) mass is 430 g/mol. The number of phosphoric acid groups is 1. The first-order chi connectivity index (χ1) is 13.4. The zero-order chi connectivity index (χ0) is 21.9. The predicted molar refractivity (Wildman–Crippen MR) is 90.6 cm³/mol. The maximum atomic E-state index is 12.2. The lowest BCUT2D eigenvalue weighted by molar-refractivity contribution is -0.422. The van der Waals surface area contributed by atoms with Gasteiger partial charge in [-0.2, -0.15) is 0 Å². The minimum Gasteiger partial charge on any atom is -0.388 e. The van der Waals surface area contributed by atoms with Crippen molar-refractivity contribution in [2.45, 2.75) is 0 Å². The van der Waals surface area contributed by atoms with Crippen molar-refractivity contribution in [2.24, 2.45) is 0 Å². The van der Waals surface area contributed by atoms with Crippen LogP contribution < -0.4 is 9.05 Å². The predicted octanol–water partition coefficient (Wildman–Crippen LogP) is 2.88. The van der Waals surface area contributed by atoms with E-state index in [1.807, 2.05) is 0 Å². The highest BCUT2D eigenvalue weighted by molar-refractivity contribution is 7.48. The first-order valence-corrected chi connectivity index (χ1v) is 8.49. The average molecular weight is 430 g/mol. The molecule has 0 heterocycles. The molecule has 2 aromatic carbocycles. The molecular formula is C12H7N4O12P. The van der Waals surface area contributed by atoms with Gasteiger partial charge in [0, 0.05) is 12.1 Å². The Morgan fingerprint density at radius 3 is 1.86 bits per heavy atom. The second kappa shape index (κ2) is 7.83. The van der Waals surface area contributed by atoms with Crippen molar-refractivity contribution in [3.05, 3.63) is 76.9 Å². The maximum Gasteiger partial charge on any atom is 0.585 e. The highest BCUT2D eigenvalue weighted by atomic mass is 31.2. The summed E-state index contributed by atoms with van der Waals surface area (Å²) in [4.78, 5) is 49.1. The lowest BCUT2D eigenvalue weighted by atomic mass is 10.2. The molecule has 0 amide bonds. The zero-order valence-electron chi connectivity index (χ0n) is 13.6. The van der Waals surface area contributed by atoms with Crippen LogP contribution in [0.3, 0.4) is 0 Å². The number of nitro groups is 4. The third kappa shape index (κ3) is 4.76.